The first-order chi connectivity index (χ1) is 15.0. The molecular weight excluding hydrogens is 402 g/mol. The molecular formula is C22H31N3O6. The van der Waals surface area contributed by atoms with Crippen LogP contribution in [-0.2, 0) is 19.1 Å². The molecule has 2 fully saturated rings. The van der Waals surface area contributed by atoms with E-state index in [1.807, 2.05) is 0 Å². The summed E-state index contributed by atoms with van der Waals surface area (Å²) in [6, 6.07) is 6.20. The summed E-state index contributed by atoms with van der Waals surface area (Å²) in [4.78, 5) is 41.9. The van der Waals surface area contributed by atoms with E-state index in [0.717, 1.165) is 0 Å². The predicted molar refractivity (Wildman–Crippen MR) is 113 cm³/mol. The topological polar surface area (TPSA) is 97.4 Å². The van der Waals surface area contributed by atoms with Crippen LogP contribution in [0.25, 0.3) is 0 Å². The van der Waals surface area contributed by atoms with Crippen LogP contribution in [-0.4, -0.2) is 93.8 Å². The molecule has 2 aliphatic heterocycles. The van der Waals surface area contributed by atoms with Crippen molar-refractivity contribution in [2.45, 2.75) is 18.9 Å². The summed E-state index contributed by atoms with van der Waals surface area (Å²) in [5, 5.41) is 2.97. The van der Waals surface area contributed by atoms with Crippen LogP contribution in [0.5, 0.6) is 5.75 Å². The third kappa shape index (κ3) is 5.95. The first-order valence-corrected chi connectivity index (χ1v) is 10.6. The van der Waals surface area contributed by atoms with Gasteiger partial charge in [0.25, 0.3) is 5.91 Å². The van der Waals surface area contributed by atoms with Gasteiger partial charge in [0.2, 0.25) is 11.8 Å². The number of methoxy groups -OCH3 is 2. The van der Waals surface area contributed by atoms with Crippen LogP contribution < -0.4 is 10.1 Å². The fraction of sp³-hybridized carbons (Fsp3) is 0.591. The van der Waals surface area contributed by atoms with Crippen molar-refractivity contribution in [2.75, 3.05) is 60.2 Å². The molecule has 0 bridgehead atoms. The number of ether oxygens (including phenoxy) is 3. The highest BCUT2D eigenvalue weighted by atomic mass is 16.5. The molecule has 1 aromatic carbocycles. The monoisotopic (exact) mass is 433 g/mol. The second-order valence-corrected chi connectivity index (χ2v) is 7.77. The molecule has 31 heavy (non-hydrogen) atoms. The Bertz CT molecular complexity index is 772. The van der Waals surface area contributed by atoms with E-state index in [1.165, 1.54) is 7.11 Å². The molecule has 0 spiro atoms. The van der Waals surface area contributed by atoms with E-state index in [2.05, 4.69) is 5.32 Å². The highest BCUT2D eigenvalue weighted by Gasteiger charge is 2.36. The molecule has 3 rings (SSSR count). The van der Waals surface area contributed by atoms with Gasteiger partial charge in [-0.15, -0.1) is 0 Å². The first kappa shape index (κ1) is 23.0. The van der Waals surface area contributed by atoms with Gasteiger partial charge < -0.3 is 29.3 Å². The number of piperidine rings is 1. The molecule has 170 valence electrons. The molecule has 1 N–H and O–H groups in total. The lowest BCUT2D eigenvalue weighted by atomic mass is 9.88. The summed E-state index contributed by atoms with van der Waals surface area (Å²) < 4.78 is 15.5. The lowest BCUT2D eigenvalue weighted by Crippen LogP contribution is -2.56. The largest absolute Gasteiger partial charge is 0.497 e. The smallest absolute Gasteiger partial charge is 0.252 e. The minimum Gasteiger partial charge on any atom is -0.497 e. The summed E-state index contributed by atoms with van der Waals surface area (Å²) in [6.07, 6.45) is 1.27. The SMILES string of the molecule is COCC(=O)N1CCC([C@@H](NC(=O)c2cccc(OC)c2)C(=O)N2CCOCC2)CC1. The maximum atomic E-state index is 13.3. The van der Waals surface area contributed by atoms with E-state index in [0.29, 0.717) is 63.5 Å². The summed E-state index contributed by atoms with van der Waals surface area (Å²) in [5.74, 6) is 0.0483. The normalized spacial score (nSPS) is 18.4. The van der Waals surface area contributed by atoms with E-state index in [9.17, 15) is 14.4 Å². The highest BCUT2D eigenvalue weighted by Crippen LogP contribution is 2.23. The number of hydrogen-bond donors (Lipinski definition) is 1. The third-order valence-electron chi connectivity index (χ3n) is 5.84. The second kappa shape index (κ2) is 11.1. The van der Waals surface area contributed by atoms with Gasteiger partial charge in [-0.2, -0.15) is 0 Å². The van der Waals surface area contributed by atoms with Crippen molar-refractivity contribution in [3.8, 4) is 5.75 Å². The van der Waals surface area contributed by atoms with Crippen LogP contribution in [0.4, 0.5) is 0 Å². The van der Waals surface area contributed by atoms with Crippen LogP contribution in [0, 0.1) is 5.92 Å². The summed E-state index contributed by atoms with van der Waals surface area (Å²) >= 11 is 0. The van der Waals surface area contributed by atoms with Gasteiger partial charge in [0.15, 0.2) is 0 Å². The minimum atomic E-state index is -0.656. The molecule has 9 nitrogen and oxygen atoms in total. The van der Waals surface area contributed by atoms with Crippen molar-refractivity contribution in [1.82, 2.24) is 15.1 Å². The molecule has 0 radical (unpaired) electrons. The Morgan fingerprint density at radius 3 is 2.45 bits per heavy atom. The summed E-state index contributed by atoms with van der Waals surface area (Å²) in [7, 11) is 3.04. The second-order valence-electron chi connectivity index (χ2n) is 7.77. The molecule has 0 saturated carbocycles. The number of likely N-dealkylation sites (tertiary alicyclic amines) is 1. The Morgan fingerprint density at radius 1 is 1.10 bits per heavy atom. The first-order valence-electron chi connectivity index (χ1n) is 10.6. The van der Waals surface area contributed by atoms with Crippen LogP contribution in [0.1, 0.15) is 23.2 Å². The fourth-order valence-corrected chi connectivity index (χ4v) is 4.05. The van der Waals surface area contributed by atoms with Crippen LogP contribution in [0.3, 0.4) is 0 Å². The van der Waals surface area contributed by atoms with Crippen LogP contribution >= 0.6 is 0 Å². The van der Waals surface area contributed by atoms with Crippen LogP contribution in [0.15, 0.2) is 24.3 Å². The van der Waals surface area contributed by atoms with Crippen molar-refractivity contribution in [2.24, 2.45) is 5.92 Å². The van der Waals surface area contributed by atoms with E-state index < -0.39 is 6.04 Å². The standard InChI is InChI=1S/C22H31N3O6/c1-29-15-19(26)24-8-6-16(7-9-24)20(22(28)25-10-12-31-13-11-25)23-21(27)17-4-3-5-18(14-17)30-2/h3-5,14,16,20H,6-13,15H2,1-2H3,(H,23,27)/t20-/m1/s1. The zero-order chi connectivity index (χ0) is 22.2. The number of rotatable bonds is 7. The number of carbonyl (C=O) groups excluding carboxylic acids is 3. The molecule has 3 amide bonds. The number of benzene rings is 1. The average molecular weight is 434 g/mol. The van der Waals surface area contributed by atoms with Gasteiger partial charge in [0.05, 0.1) is 20.3 Å². The Hall–Kier alpha value is -2.65. The average Bonchev–Trinajstić information content (AvgIpc) is 2.83. The van der Waals surface area contributed by atoms with Crippen molar-refractivity contribution in [3.05, 3.63) is 29.8 Å². The Balaban J connectivity index is 1.72. The maximum Gasteiger partial charge on any atom is 0.252 e. The summed E-state index contributed by atoms with van der Waals surface area (Å²) in [5.41, 5.74) is 0.437. The number of hydrogen-bond acceptors (Lipinski definition) is 6. The van der Waals surface area contributed by atoms with Gasteiger partial charge in [0.1, 0.15) is 18.4 Å². The lowest BCUT2D eigenvalue weighted by Gasteiger charge is -2.38. The zero-order valence-corrected chi connectivity index (χ0v) is 18.2. The molecule has 2 heterocycles. The lowest BCUT2D eigenvalue weighted by molar-refractivity contribution is -0.140. The fourth-order valence-electron chi connectivity index (χ4n) is 4.05. The number of nitrogens with zero attached hydrogens (tertiary/aromatic N) is 2. The predicted octanol–water partition coefficient (Wildman–Crippen LogP) is 0.537. The van der Waals surface area contributed by atoms with Crippen LogP contribution in [0.2, 0.25) is 0 Å². The molecule has 0 aromatic heterocycles. The van der Waals surface area contributed by atoms with E-state index in [-0.39, 0.29) is 30.2 Å². The number of carbonyl (C=O) groups is 3. The Labute approximate surface area is 182 Å². The van der Waals surface area contributed by atoms with E-state index in [4.69, 9.17) is 14.2 Å². The van der Waals surface area contributed by atoms with Crippen molar-refractivity contribution in [1.29, 1.82) is 0 Å². The number of amides is 3. The molecule has 1 aromatic rings. The van der Waals surface area contributed by atoms with Gasteiger partial charge in [-0.1, -0.05) is 6.07 Å². The molecule has 2 saturated heterocycles. The number of nitrogens with one attached hydrogen (secondary N) is 1. The van der Waals surface area contributed by atoms with Gasteiger partial charge in [-0.3, -0.25) is 14.4 Å². The van der Waals surface area contributed by atoms with E-state index in [1.54, 1.807) is 41.2 Å². The minimum absolute atomic E-state index is 0.0490. The third-order valence-corrected chi connectivity index (χ3v) is 5.84. The molecule has 0 unspecified atom stereocenters. The highest BCUT2D eigenvalue weighted by molar-refractivity contribution is 5.98. The molecule has 2 aliphatic rings. The Morgan fingerprint density at radius 2 is 1.81 bits per heavy atom. The Kier molecular flexibility index (Phi) is 8.25. The number of morpholine rings is 1. The molecule has 9 heteroatoms. The van der Waals surface area contributed by atoms with Gasteiger partial charge in [0, 0.05) is 38.9 Å². The van der Waals surface area contributed by atoms with Gasteiger partial charge in [-0.25, -0.2) is 0 Å². The van der Waals surface area contributed by atoms with Crippen molar-refractivity contribution >= 4 is 17.7 Å². The molecule has 1 atom stereocenters. The van der Waals surface area contributed by atoms with Crippen molar-refractivity contribution < 1.29 is 28.6 Å². The van der Waals surface area contributed by atoms with Crippen molar-refractivity contribution in [3.63, 3.8) is 0 Å². The quantitative estimate of drug-likeness (QED) is 0.674. The van der Waals surface area contributed by atoms with Gasteiger partial charge in [-0.05, 0) is 37.0 Å². The molecule has 0 aliphatic carbocycles. The van der Waals surface area contributed by atoms with E-state index >= 15 is 0 Å². The zero-order valence-electron chi connectivity index (χ0n) is 18.2. The summed E-state index contributed by atoms with van der Waals surface area (Å²) in [6.45, 7) is 3.13. The maximum absolute atomic E-state index is 13.3. The van der Waals surface area contributed by atoms with Gasteiger partial charge >= 0.3 is 0 Å².